The average molecular weight is 258 g/mol. The highest BCUT2D eigenvalue weighted by Gasteiger charge is 2.06. The van der Waals surface area contributed by atoms with Gasteiger partial charge in [-0.1, -0.05) is 22.9 Å². The van der Waals surface area contributed by atoms with Gasteiger partial charge in [0.2, 0.25) is 0 Å². The second kappa shape index (κ2) is 5.29. The van der Waals surface area contributed by atoms with Gasteiger partial charge in [-0.2, -0.15) is 5.10 Å². The zero-order valence-electron chi connectivity index (χ0n) is 8.79. The molecule has 0 amide bonds. The van der Waals surface area contributed by atoms with Crippen LogP contribution in [0, 0.1) is 6.92 Å². The van der Waals surface area contributed by atoms with Crippen LogP contribution in [0.5, 0.6) is 0 Å². The van der Waals surface area contributed by atoms with Gasteiger partial charge < -0.3 is 5.32 Å². The van der Waals surface area contributed by atoms with E-state index < -0.39 is 0 Å². The molecule has 0 aliphatic carbocycles. The fourth-order valence-electron chi connectivity index (χ4n) is 1.33. The Morgan fingerprint density at radius 1 is 1.50 bits per heavy atom. The van der Waals surface area contributed by atoms with Crippen molar-refractivity contribution in [3.8, 4) is 0 Å². The number of rotatable bonds is 4. The number of alkyl halides is 1. The van der Waals surface area contributed by atoms with Gasteiger partial charge >= 0.3 is 0 Å². The quantitative estimate of drug-likeness (QED) is 0.844. The molecule has 0 bridgehead atoms. The molecule has 0 aliphatic rings. The van der Waals surface area contributed by atoms with Gasteiger partial charge in [0.05, 0.1) is 6.20 Å². The van der Waals surface area contributed by atoms with Crippen LogP contribution in [0.15, 0.2) is 12.3 Å². The summed E-state index contributed by atoms with van der Waals surface area (Å²) >= 11 is 3.53. The lowest BCUT2D eigenvalue weighted by Gasteiger charge is -2.15. The van der Waals surface area contributed by atoms with Crippen LogP contribution in [0.1, 0.15) is 25.8 Å². The topological polar surface area (TPSA) is 37.8 Å². The molecule has 0 saturated carbocycles. The van der Waals surface area contributed by atoms with Gasteiger partial charge in [0.1, 0.15) is 5.82 Å². The Morgan fingerprint density at radius 2 is 2.21 bits per heavy atom. The van der Waals surface area contributed by atoms with E-state index in [1.165, 1.54) is 0 Å². The Labute approximate surface area is 93.4 Å². The lowest BCUT2D eigenvalue weighted by molar-refractivity contribution is 0.702. The van der Waals surface area contributed by atoms with E-state index in [1.807, 2.05) is 13.0 Å². The van der Waals surface area contributed by atoms with Crippen molar-refractivity contribution in [2.75, 3.05) is 5.32 Å². The van der Waals surface area contributed by atoms with Gasteiger partial charge in [-0.05, 0) is 31.9 Å². The minimum atomic E-state index is 0.403. The molecule has 3 nitrogen and oxygen atoms in total. The number of nitrogens with zero attached hydrogens (tertiary/aromatic N) is 2. The van der Waals surface area contributed by atoms with Crippen molar-refractivity contribution in [3.63, 3.8) is 0 Å². The molecule has 0 spiro atoms. The molecule has 1 aromatic rings. The van der Waals surface area contributed by atoms with Crippen molar-refractivity contribution in [1.29, 1.82) is 0 Å². The maximum Gasteiger partial charge on any atom is 0.149 e. The third kappa shape index (κ3) is 4.05. The van der Waals surface area contributed by atoms with Crippen molar-refractivity contribution in [1.82, 2.24) is 10.2 Å². The monoisotopic (exact) mass is 257 g/mol. The summed E-state index contributed by atoms with van der Waals surface area (Å²) in [6.45, 7) is 6.29. The van der Waals surface area contributed by atoms with Crippen molar-refractivity contribution in [2.45, 2.75) is 38.1 Å². The number of aromatic nitrogens is 2. The van der Waals surface area contributed by atoms with Crippen LogP contribution < -0.4 is 5.32 Å². The molecule has 0 aromatic carbocycles. The standard InChI is InChI=1S/C10H16BrN3/c1-7-4-10(14-12-6-7)13-9(3)5-8(2)11/h4,6,8-9H,5H2,1-3H3,(H,13,14). The van der Waals surface area contributed by atoms with E-state index in [4.69, 9.17) is 0 Å². The first kappa shape index (κ1) is 11.4. The maximum atomic E-state index is 4.01. The fraction of sp³-hybridized carbons (Fsp3) is 0.600. The number of hydrogen-bond donors (Lipinski definition) is 1. The fourth-order valence-corrected chi connectivity index (χ4v) is 1.89. The lowest BCUT2D eigenvalue weighted by atomic mass is 10.2. The summed E-state index contributed by atoms with van der Waals surface area (Å²) in [5.41, 5.74) is 1.13. The van der Waals surface area contributed by atoms with E-state index in [2.05, 4.69) is 45.3 Å². The second-order valence-corrected chi connectivity index (χ2v) is 5.24. The molecule has 14 heavy (non-hydrogen) atoms. The molecular weight excluding hydrogens is 242 g/mol. The molecule has 1 N–H and O–H groups in total. The summed E-state index contributed by atoms with van der Waals surface area (Å²) in [4.78, 5) is 0.516. The number of aryl methyl sites for hydroxylation is 1. The predicted octanol–water partition coefficient (Wildman–Crippen LogP) is 2.76. The molecule has 1 rings (SSSR count). The summed E-state index contributed by atoms with van der Waals surface area (Å²) in [7, 11) is 0. The molecule has 0 radical (unpaired) electrons. The minimum absolute atomic E-state index is 0.403. The van der Waals surface area contributed by atoms with E-state index >= 15 is 0 Å². The summed E-state index contributed by atoms with van der Waals surface area (Å²) in [5, 5.41) is 11.2. The Bertz CT molecular complexity index is 288. The summed E-state index contributed by atoms with van der Waals surface area (Å²) in [5.74, 6) is 0.852. The highest BCUT2D eigenvalue weighted by molar-refractivity contribution is 9.09. The molecule has 0 fully saturated rings. The first-order valence-corrected chi connectivity index (χ1v) is 5.69. The first-order valence-electron chi connectivity index (χ1n) is 4.78. The Kier molecular flexibility index (Phi) is 4.32. The largest absolute Gasteiger partial charge is 0.366 e. The molecule has 2 unspecified atom stereocenters. The summed E-state index contributed by atoms with van der Waals surface area (Å²) in [6.07, 6.45) is 2.82. The van der Waals surface area contributed by atoms with Crippen molar-refractivity contribution >= 4 is 21.7 Å². The normalized spacial score (nSPS) is 14.9. The van der Waals surface area contributed by atoms with Crippen LogP contribution in [0.2, 0.25) is 0 Å². The van der Waals surface area contributed by atoms with Gasteiger partial charge in [-0.3, -0.25) is 0 Å². The van der Waals surface area contributed by atoms with Crippen molar-refractivity contribution in [2.24, 2.45) is 0 Å². The van der Waals surface area contributed by atoms with Crippen LogP contribution in [-0.4, -0.2) is 21.1 Å². The molecule has 2 atom stereocenters. The molecule has 0 saturated heterocycles. The molecular formula is C10H16BrN3. The van der Waals surface area contributed by atoms with E-state index in [9.17, 15) is 0 Å². The van der Waals surface area contributed by atoms with Crippen LogP contribution in [0.25, 0.3) is 0 Å². The molecule has 1 aromatic heterocycles. The second-order valence-electron chi connectivity index (χ2n) is 3.68. The average Bonchev–Trinajstić information content (AvgIpc) is 2.01. The first-order chi connectivity index (χ1) is 6.58. The number of anilines is 1. The third-order valence-corrected chi connectivity index (χ3v) is 2.24. The Hall–Kier alpha value is -0.640. The van der Waals surface area contributed by atoms with Crippen molar-refractivity contribution in [3.05, 3.63) is 17.8 Å². The predicted molar refractivity (Wildman–Crippen MR) is 62.9 cm³/mol. The van der Waals surface area contributed by atoms with E-state index in [-0.39, 0.29) is 0 Å². The molecule has 78 valence electrons. The van der Waals surface area contributed by atoms with Gasteiger partial charge in [0.15, 0.2) is 0 Å². The number of halogens is 1. The van der Waals surface area contributed by atoms with Crippen molar-refractivity contribution < 1.29 is 0 Å². The molecule has 4 heteroatoms. The van der Waals surface area contributed by atoms with Crippen LogP contribution in [-0.2, 0) is 0 Å². The third-order valence-electron chi connectivity index (χ3n) is 1.86. The van der Waals surface area contributed by atoms with E-state index in [0.717, 1.165) is 17.8 Å². The summed E-state index contributed by atoms with van der Waals surface area (Å²) < 4.78 is 0. The van der Waals surface area contributed by atoms with Gasteiger partial charge in [-0.15, -0.1) is 5.10 Å². The number of hydrogen-bond acceptors (Lipinski definition) is 3. The Balaban J connectivity index is 2.51. The zero-order valence-corrected chi connectivity index (χ0v) is 10.4. The SMILES string of the molecule is Cc1cnnc(NC(C)CC(C)Br)c1. The zero-order chi connectivity index (χ0) is 10.6. The van der Waals surface area contributed by atoms with Gasteiger partial charge in [0, 0.05) is 10.9 Å². The van der Waals surface area contributed by atoms with Crippen LogP contribution >= 0.6 is 15.9 Å². The molecule has 1 heterocycles. The highest BCUT2D eigenvalue weighted by Crippen LogP contribution is 2.11. The smallest absolute Gasteiger partial charge is 0.149 e. The van der Waals surface area contributed by atoms with E-state index in [0.29, 0.717) is 10.9 Å². The summed E-state index contributed by atoms with van der Waals surface area (Å²) in [6, 6.07) is 2.41. The van der Waals surface area contributed by atoms with Crippen LogP contribution in [0.3, 0.4) is 0 Å². The van der Waals surface area contributed by atoms with Gasteiger partial charge in [0.25, 0.3) is 0 Å². The Morgan fingerprint density at radius 3 is 2.79 bits per heavy atom. The molecule has 0 aliphatic heterocycles. The maximum absolute atomic E-state index is 4.01. The number of nitrogens with one attached hydrogen (secondary N) is 1. The van der Waals surface area contributed by atoms with Gasteiger partial charge in [-0.25, -0.2) is 0 Å². The lowest BCUT2D eigenvalue weighted by Crippen LogP contribution is -2.19. The highest BCUT2D eigenvalue weighted by atomic mass is 79.9. The van der Waals surface area contributed by atoms with Crippen LogP contribution in [0.4, 0.5) is 5.82 Å². The minimum Gasteiger partial charge on any atom is -0.366 e. The van der Waals surface area contributed by atoms with E-state index in [1.54, 1.807) is 6.20 Å².